The number of rotatable bonds is 20. The number of esters is 1. The highest BCUT2D eigenvalue weighted by Crippen LogP contribution is 2.50. The quantitative estimate of drug-likeness (QED) is 0.0396. The number of nitrogens with one attached hydrogen (secondary N) is 1. The number of fused-ring (bicyclic) bond motifs is 1. The number of carbonyl (C=O) groups is 3. The Balaban J connectivity index is 0.991. The van der Waals surface area contributed by atoms with Gasteiger partial charge in [-0.2, -0.15) is 4.98 Å². The molecule has 2 unspecified atom stereocenters. The van der Waals surface area contributed by atoms with Crippen LogP contribution in [0.4, 0.5) is 26.5 Å². The first kappa shape index (κ1) is 55.1. The van der Waals surface area contributed by atoms with Gasteiger partial charge in [0.1, 0.15) is 66.6 Å². The largest absolute Gasteiger partial charge is 0.472 e. The molecule has 6 aromatic rings. The van der Waals surface area contributed by atoms with E-state index < -0.39 is 108 Å². The molecule has 2 fully saturated rings. The van der Waals surface area contributed by atoms with Crippen LogP contribution in [0.15, 0.2) is 109 Å². The summed E-state index contributed by atoms with van der Waals surface area (Å²) in [6.45, 7) is -2.36. The molecule has 0 bridgehead atoms. The van der Waals surface area contributed by atoms with Crippen molar-refractivity contribution in [3.8, 4) is 0 Å². The molecule has 2 saturated heterocycles. The van der Waals surface area contributed by atoms with E-state index in [4.69, 9.17) is 39.5 Å². The fraction of sp³-hybridized carbons (Fsp3) is 0.333. The van der Waals surface area contributed by atoms with Crippen LogP contribution in [0.3, 0.4) is 0 Å². The number of likely N-dealkylation sites (N-methyl/N-ethyl adjacent to an activating group) is 1. The van der Waals surface area contributed by atoms with Crippen LogP contribution in [-0.2, 0) is 70.7 Å². The Hall–Kier alpha value is -7.11. The smallest absolute Gasteiger partial charge is 0.455 e. The van der Waals surface area contributed by atoms with Gasteiger partial charge in [-0.05, 0) is 47.0 Å². The van der Waals surface area contributed by atoms with Gasteiger partial charge in [-0.15, -0.1) is 0 Å². The number of aromatic nitrogens is 6. The maximum absolute atomic E-state index is 14.5. The second-order valence-corrected chi connectivity index (χ2v) is 19.8. The number of benzene rings is 3. The minimum absolute atomic E-state index is 0.00279. The predicted octanol–water partition coefficient (Wildman–Crippen LogP) is 1.49. The molecule has 0 radical (unpaired) electrons. The number of nitrogens with zero attached hydrogens (tertiary/aromatic N) is 7. The first-order valence-electron chi connectivity index (χ1n) is 22.7. The van der Waals surface area contributed by atoms with E-state index in [2.05, 4.69) is 29.8 Å². The molecule has 2 aliphatic rings. The number of carbonyl (C=O) groups excluding carboxylic acids is 3. The molecule has 0 aliphatic carbocycles. The topological polar surface area (TPSA) is 397 Å². The van der Waals surface area contributed by atoms with Gasteiger partial charge in [-0.25, -0.2) is 42.9 Å². The number of anilines is 3. The molecule has 10 N–H and O–H groups in total. The molecule has 10 atom stereocenters. The van der Waals surface area contributed by atoms with Crippen LogP contribution in [0.2, 0.25) is 0 Å². The second kappa shape index (κ2) is 23.4. The monoisotopic (exact) mass is 1100 g/mol. The number of halogens is 1. The minimum atomic E-state index is -5.50. The van der Waals surface area contributed by atoms with Gasteiger partial charge in [-0.3, -0.25) is 32.4 Å². The van der Waals surface area contributed by atoms with E-state index in [-0.39, 0.29) is 48.2 Å². The zero-order valence-electron chi connectivity index (χ0n) is 39.6. The third-order valence-electron chi connectivity index (χ3n) is 11.9. The highest BCUT2D eigenvalue weighted by atomic mass is 31.2. The van der Waals surface area contributed by atoms with Crippen molar-refractivity contribution in [1.29, 1.82) is 0 Å². The van der Waals surface area contributed by atoms with Crippen LogP contribution in [0.25, 0.3) is 11.2 Å². The van der Waals surface area contributed by atoms with Gasteiger partial charge in [0.05, 0.1) is 26.0 Å². The lowest BCUT2D eigenvalue weighted by Gasteiger charge is -2.29. The Bertz CT molecular complexity index is 3190. The second-order valence-electron chi connectivity index (χ2n) is 17.2. The van der Waals surface area contributed by atoms with Crippen LogP contribution in [0.5, 0.6) is 0 Å². The van der Waals surface area contributed by atoms with Crippen molar-refractivity contribution in [3.63, 3.8) is 0 Å². The van der Waals surface area contributed by atoms with Crippen LogP contribution >= 0.6 is 15.6 Å². The Morgan fingerprint density at radius 1 is 0.829 bits per heavy atom. The summed E-state index contributed by atoms with van der Waals surface area (Å²) in [4.78, 5) is 100. The number of hydrogen-bond acceptors (Lipinski definition) is 21. The number of amides is 2. The zero-order valence-corrected chi connectivity index (χ0v) is 41.4. The molecule has 8 rings (SSSR count). The van der Waals surface area contributed by atoms with Crippen molar-refractivity contribution in [2.45, 2.75) is 74.6 Å². The van der Waals surface area contributed by atoms with E-state index in [1.54, 1.807) is 54.6 Å². The van der Waals surface area contributed by atoms with E-state index in [9.17, 15) is 57.6 Å². The normalized spacial score (nSPS) is 22.7. The van der Waals surface area contributed by atoms with E-state index in [1.807, 2.05) is 0 Å². The predicted molar refractivity (Wildman–Crippen MR) is 258 cm³/mol. The summed E-state index contributed by atoms with van der Waals surface area (Å²) in [7, 11) is -9.44. The highest BCUT2D eigenvalue weighted by molar-refractivity contribution is 7.47. The van der Waals surface area contributed by atoms with Gasteiger partial charge in [0.2, 0.25) is 5.91 Å². The molecule has 3 aromatic carbocycles. The fourth-order valence-corrected chi connectivity index (χ4v) is 9.43. The average molecular weight is 1100 g/mol. The number of phosphoric acid groups is 2. The van der Waals surface area contributed by atoms with E-state index in [0.29, 0.717) is 22.4 Å². The molecule has 3 aromatic heterocycles. The van der Waals surface area contributed by atoms with Crippen LogP contribution in [0, 0.1) is 5.82 Å². The minimum Gasteiger partial charge on any atom is -0.455 e. The van der Waals surface area contributed by atoms with E-state index >= 15 is 0 Å². The first-order chi connectivity index (χ1) is 36.1. The first-order valence-corrected chi connectivity index (χ1v) is 25.7. The number of nitrogen functional groups attached to an aromatic ring is 2. The summed E-state index contributed by atoms with van der Waals surface area (Å²) in [5.74, 6) is -2.15. The van der Waals surface area contributed by atoms with Crippen molar-refractivity contribution in [2.75, 3.05) is 37.0 Å². The molecular weight excluding hydrogens is 1050 g/mol. The molecule has 5 heterocycles. The van der Waals surface area contributed by atoms with Gasteiger partial charge >= 0.3 is 33.4 Å². The van der Waals surface area contributed by atoms with E-state index in [0.717, 1.165) is 28.1 Å². The Labute approximate surface area is 428 Å². The fourth-order valence-electron chi connectivity index (χ4n) is 8.12. The summed E-state index contributed by atoms with van der Waals surface area (Å²) in [5.41, 5.74) is 12.8. The number of hydrogen-bond donors (Lipinski definition) is 8. The third kappa shape index (κ3) is 13.5. The molecule has 2 aliphatic heterocycles. The molecule has 0 spiro atoms. The molecule has 0 saturated carbocycles. The van der Waals surface area contributed by atoms with Crippen LogP contribution in [0.1, 0.15) is 29.1 Å². The van der Waals surface area contributed by atoms with Crippen molar-refractivity contribution >= 4 is 62.1 Å². The lowest BCUT2D eigenvalue weighted by atomic mass is 10.0. The van der Waals surface area contributed by atoms with E-state index in [1.165, 1.54) is 42.2 Å². The number of aliphatic hydroxyl groups is 2. The van der Waals surface area contributed by atoms with Crippen LogP contribution < -0.4 is 22.5 Å². The molecular formula is C45H49FN10O18P2. The summed E-state index contributed by atoms with van der Waals surface area (Å²) >= 11 is 0. The van der Waals surface area contributed by atoms with Gasteiger partial charge in [0, 0.05) is 25.4 Å². The van der Waals surface area contributed by atoms with Crippen LogP contribution in [-0.4, -0.2) is 140 Å². The number of ether oxygens (including phenoxy) is 4. The maximum Gasteiger partial charge on any atom is 0.472 e. The number of nitrogens with two attached hydrogens (primary N) is 2. The SMILES string of the molecule is CN(C(=O)OCc1ccc(NC(=O)Cc2ccc(F)cc2)cc1)[C@@H](Cc1ccccc1)C(=O)O[C@@H]1C(COP(=O)(O)O[C@H]2[C@@H](O)[C@H](n3ccc(N)nc3=O)O[C@@H]2COP(=O)(O)O)O[C@@H](n2cnc3c(N)ncnc32)[C@@H]1O. The maximum atomic E-state index is 14.5. The summed E-state index contributed by atoms with van der Waals surface area (Å²) < 4.78 is 79.0. The number of phosphoric ester groups is 2. The molecule has 404 valence electrons. The lowest BCUT2D eigenvalue weighted by Crippen LogP contribution is -2.48. The summed E-state index contributed by atoms with van der Waals surface area (Å²) in [6, 6.07) is 20.0. The Morgan fingerprint density at radius 3 is 2.16 bits per heavy atom. The number of aliphatic hydroxyl groups excluding tert-OH is 2. The van der Waals surface area contributed by atoms with Crippen molar-refractivity contribution < 1.29 is 85.3 Å². The number of imidazole rings is 1. The van der Waals surface area contributed by atoms with Gasteiger partial charge in [-0.1, -0.05) is 54.6 Å². The molecule has 2 amide bonds. The van der Waals surface area contributed by atoms with Gasteiger partial charge in [0.25, 0.3) is 0 Å². The molecule has 76 heavy (non-hydrogen) atoms. The lowest BCUT2D eigenvalue weighted by molar-refractivity contribution is -0.162. The summed E-state index contributed by atoms with van der Waals surface area (Å²) in [6.07, 6.45) is -12.1. The summed E-state index contributed by atoms with van der Waals surface area (Å²) in [5, 5.41) is 25.9. The molecule has 28 nitrogen and oxygen atoms in total. The van der Waals surface area contributed by atoms with Gasteiger partial charge in [0.15, 0.2) is 30.0 Å². The standard InChI is InChI=1S/C45H49FN10O18P2/c1-54(45(62)68-19-26-9-13-28(14-10-26)52-33(57)18-25-7-11-27(46)12-8-25)29(17-24-5-3-2-4-6-24)43(60)73-37-30(71-42(35(37)58)56-23-51-34-39(48)49-22-50-40(34)56)21-70-76(66,67)74-38-31(20-69-75(63,64)65)72-41(36(38)59)55-16-15-32(47)53-44(55)61/h2-16,22-23,29-31,35-38,41-42,58-59H,17-21H2,1H3,(H,52,57)(H,66,67)(H2,47,53,61)(H2,48,49,50)(H2,63,64,65)/t29-,30?,31+,35+,36+,37+,38+,41+,42+/m0/s1. The average Bonchev–Trinajstić information content (AvgIpc) is 4.06. The molecule has 31 heteroatoms. The Kier molecular flexibility index (Phi) is 17.0. The van der Waals surface area contributed by atoms with Crippen molar-refractivity contribution in [1.82, 2.24) is 34.0 Å². The van der Waals surface area contributed by atoms with Crippen molar-refractivity contribution in [2.24, 2.45) is 0 Å². The Morgan fingerprint density at radius 2 is 1.47 bits per heavy atom. The zero-order chi connectivity index (χ0) is 54.5. The highest BCUT2D eigenvalue weighted by Gasteiger charge is 2.52. The van der Waals surface area contributed by atoms with Gasteiger partial charge < -0.3 is 60.6 Å². The van der Waals surface area contributed by atoms with Crippen molar-refractivity contribution in [3.05, 3.63) is 137 Å². The third-order valence-corrected chi connectivity index (χ3v) is 13.4.